The molecule has 1 rings (SSSR count). The van der Waals surface area contributed by atoms with Crippen LogP contribution in [0.1, 0.15) is 26.2 Å². The van der Waals surface area contributed by atoms with Gasteiger partial charge in [-0.3, -0.25) is 0 Å². The van der Waals surface area contributed by atoms with Gasteiger partial charge in [-0.1, -0.05) is 25.6 Å². The van der Waals surface area contributed by atoms with Gasteiger partial charge in [0.05, 0.1) is 6.61 Å². The average molecular weight is 254 g/mol. The Morgan fingerprint density at radius 2 is 2.12 bits per heavy atom. The Hall–Kier alpha value is -0.793. The van der Waals surface area contributed by atoms with E-state index in [4.69, 9.17) is 9.47 Å². The van der Waals surface area contributed by atoms with E-state index in [2.05, 4.69) is 31.1 Å². The topological polar surface area (TPSA) is 35.5 Å². The van der Waals surface area contributed by atoms with Gasteiger partial charge >= 0.3 is 5.97 Å². The molecule has 1 fully saturated rings. The first kappa shape index (κ1) is 14.3. The molecular formula is C13H22O3Si. The van der Waals surface area contributed by atoms with Crippen molar-refractivity contribution in [2.24, 2.45) is 0 Å². The van der Waals surface area contributed by atoms with Crippen molar-refractivity contribution < 1.29 is 14.3 Å². The smallest absolute Gasteiger partial charge is 0.351 e. The number of hydrogen-bond acceptors (Lipinski definition) is 3. The Kier molecular flexibility index (Phi) is 4.78. The lowest BCUT2D eigenvalue weighted by Gasteiger charge is -2.30. The minimum absolute atomic E-state index is 0.314. The van der Waals surface area contributed by atoms with Gasteiger partial charge in [-0.25, -0.2) is 4.79 Å². The van der Waals surface area contributed by atoms with Crippen LogP contribution >= 0.6 is 0 Å². The van der Waals surface area contributed by atoms with E-state index in [0.29, 0.717) is 19.6 Å². The van der Waals surface area contributed by atoms with Gasteiger partial charge in [0, 0.05) is 6.61 Å². The van der Waals surface area contributed by atoms with Crippen LogP contribution in [-0.2, 0) is 14.3 Å². The molecule has 1 aliphatic rings. The highest BCUT2D eigenvalue weighted by Gasteiger charge is 2.41. The van der Waals surface area contributed by atoms with Crippen molar-refractivity contribution in [2.45, 2.75) is 51.4 Å². The summed E-state index contributed by atoms with van der Waals surface area (Å²) in [7, 11) is -1.51. The van der Waals surface area contributed by atoms with Gasteiger partial charge in [-0.2, -0.15) is 0 Å². The lowest BCUT2D eigenvalue weighted by Crippen LogP contribution is -2.44. The molecule has 1 saturated heterocycles. The third kappa shape index (κ3) is 4.17. The maximum Gasteiger partial charge on any atom is 0.351 e. The van der Waals surface area contributed by atoms with Gasteiger partial charge in [0.1, 0.15) is 8.07 Å². The van der Waals surface area contributed by atoms with E-state index in [1.165, 1.54) is 0 Å². The summed E-state index contributed by atoms with van der Waals surface area (Å²) in [5.41, 5.74) is 2.24. The van der Waals surface area contributed by atoms with Crippen LogP contribution in [0.25, 0.3) is 0 Å². The number of carbonyl (C=O) groups is 1. The summed E-state index contributed by atoms with van der Waals surface area (Å²) in [5.74, 6) is 2.76. The summed E-state index contributed by atoms with van der Waals surface area (Å²) >= 11 is 0. The molecule has 96 valence electrons. The summed E-state index contributed by atoms with van der Waals surface area (Å²) in [5, 5.41) is 0. The fourth-order valence-electron chi connectivity index (χ4n) is 1.64. The van der Waals surface area contributed by atoms with Crippen LogP contribution in [0.3, 0.4) is 0 Å². The molecule has 1 heterocycles. The van der Waals surface area contributed by atoms with Crippen molar-refractivity contribution in [3.05, 3.63) is 0 Å². The van der Waals surface area contributed by atoms with Crippen molar-refractivity contribution in [1.29, 1.82) is 0 Å². The van der Waals surface area contributed by atoms with E-state index >= 15 is 0 Å². The number of rotatable bonds is 2. The Morgan fingerprint density at radius 1 is 1.41 bits per heavy atom. The molecule has 4 heteroatoms. The van der Waals surface area contributed by atoms with E-state index < -0.39 is 13.7 Å². The maximum absolute atomic E-state index is 12.0. The van der Waals surface area contributed by atoms with Crippen molar-refractivity contribution in [3.8, 4) is 11.5 Å². The van der Waals surface area contributed by atoms with E-state index in [1.807, 2.05) is 0 Å². The molecule has 0 aromatic carbocycles. The molecule has 1 aliphatic heterocycles. The molecule has 0 saturated carbocycles. The van der Waals surface area contributed by atoms with E-state index in [0.717, 1.165) is 12.8 Å². The molecule has 3 nitrogen and oxygen atoms in total. The summed E-state index contributed by atoms with van der Waals surface area (Å²) in [4.78, 5) is 12.0. The molecular weight excluding hydrogens is 232 g/mol. The van der Waals surface area contributed by atoms with Crippen LogP contribution < -0.4 is 0 Å². The van der Waals surface area contributed by atoms with Crippen LogP contribution in [-0.4, -0.2) is 32.9 Å². The van der Waals surface area contributed by atoms with Crippen LogP contribution in [0.4, 0.5) is 0 Å². The normalized spacial score (nSPS) is 24.7. The average Bonchev–Trinajstić information content (AvgIpc) is 2.27. The fourth-order valence-corrected chi connectivity index (χ4v) is 2.22. The molecule has 0 aromatic rings. The second kappa shape index (κ2) is 5.70. The van der Waals surface area contributed by atoms with Crippen LogP contribution in [0.5, 0.6) is 0 Å². The van der Waals surface area contributed by atoms with Gasteiger partial charge in [-0.15, -0.1) is 5.54 Å². The first-order chi connectivity index (χ1) is 7.90. The summed E-state index contributed by atoms with van der Waals surface area (Å²) in [6, 6.07) is 0. The second-order valence-electron chi connectivity index (χ2n) is 5.35. The fraction of sp³-hybridized carbons (Fsp3) is 0.769. The molecule has 0 bridgehead atoms. The highest BCUT2D eigenvalue weighted by molar-refractivity contribution is 6.83. The predicted molar refractivity (Wildman–Crippen MR) is 70.3 cm³/mol. The second-order valence-corrected chi connectivity index (χ2v) is 10.1. The van der Waals surface area contributed by atoms with Crippen molar-refractivity contribution in [1.82, 2.24) is 0 Å². The Morgan fingerprint density at radius 3 is 2.59 bits per heavy atom. The Balaban J connectivity index is 2.92. The zero-order chi connectivity index (χ0) is 12.9. The highest BCUT2D eigenvalue weighted by Crippen LogP contribution is 2.26. The highest BCUT2D eigenvalue weighted by atomic mass is 28.3. The molecule has 0 N–H and O–H groups in total. The van der Waals surface area contributed by atoms with Crippen LogP contribution in [0, 0.1) is 11.5 Å². The molecule has 0 radical (unpaired) electrons. The van der Waals surface area contributed by atoms with Gasteiger partial charge in [0.2, 0.25) is 5.60 Å². The summed E-state index contributed by atoms with van der Waals surface area (Å²) in [6.45, 7) is 9.24. The number of carbonyl (C=O) groups excluding carboxylic acids is 1. The lowest BCUT2D eigenvalue weighted by atomic mass is 9.95. The van der Waals surface area contributed by atoms with Gasteiger partial charge in [0.15, 0.2) is 0 Å². The van der Waals surface area contributed by atoms with E-state index in [1.54, 1.807) is 6.92 Å². The molecule has 0 aliphatic carbocycles. The minimum Gasteiger partial charge on any atom is -0.463 e. The molecule has 1 unspecified atom stereocenters. The van der Waals surface area contributed by atoms with Gasteiger partial charge in [-0.05, 0) is 26.2 Å². The molecule has 17 heavy (non-hydrogen) atoms. The minimum atomic E-state index is -1.51. The third-order valence-electron chi connectivity index (χ3n) is 2.52. The quantitative estimate of drug-likeness (QED) is 0.431. The molecule has 0 spiro atoms. The number of ether oxygens (including phenoxy) is 2. The Bertz CT molecular complexity index is 327. The maximum atomic E-state index is 12.0. The zero-order valence-corrected chi connectivity index (χ0v) is 12.3. The predicted octanol–water partition coefficient (Wildman–Crippen LogP) is 2.37. The van der Waals surface area contributed by atoms with Gasteiger partial charge < -0.3 is 9.47 Å². The lowest BCUT2D eigenvalue weighted by molar-refractivity contribution is -0.168. The first-order valence-corrected chi connectivity index (χ1v) is 9.75. The SMILES string of the molecule is CCOC(=O)C1(C#C[Si](C)(C)C)CCCCO1. The first-order valence-electron chi connectivity index (χ1n) is 6.25. The number of hydrogen-bond donors (Lipinski definition) is 0. The van der Waals surface area contributed by atoms with Crippen molar-refractivity contribution >= 4 is 14.0 Å². The van der Waals surface area contributed by atoms with Gasteiger partial charge in [0.25, 0.3) is 0 Å². The summed E-state index contributed by atoms with van der Waals surface area (Å²) in [6.07, 6.45) is 2.62. The standard InChI is InChI=1S/C13H22O3Si/c1-5-15-12(14)13(8-6-7-10-16-13)9-11-17(2,3)4/h5-8,10H2,1-4H3. The molecule has 1 atom stereocenters. The van der Waals surface area contributed by atoms with Crippen LogP contribution in [0.15, 0.2) is 0 Å². The van der Waals surface area contributed by atoms with Crippen LogP contribution in [0.2, 0.25) is 19.6 Å². The van der Waals surface area contributed by atoms with E-state index in [9.17, 15) is 4.79 Å². The third-order valence-corrected chi connectivity index (χ3v) is 3.39. The van der Waals surface area contributed by atoms with E-state index in [-0.39, 0.29) is 5.97 Å². The molecule has 0 amide bonds. The summed E-state index contributed by atoms with van der Waals surface area (Å²) < 4.78 is 10.7. The Labute approximate surface area is 105 Å². The zero-order valence-electron chi connectivity index (χ0n) is 11.3. The largest absolute Gasteiger partial charge is 0.463 e. The monoisotopic (exact) mass is 254 g/mol. The van der Waals surface area contributed by atoms with Crippen molar-refractivity contribution in [3.63, 3.8) is 0 Å². The van der Waals surface area contributed by atoms with Crippen molar-refractivity contribution in [2.75, 3.05) is 13.2 Å². The molecule has 0 aromatic heterocycles. The number of esters is 1.